The number of phenols is 1. The van der Waals surface area contributed by atoms with Gasteiger partial charge in [-0.05, 0) is 50.8 Å². The Balaban J connectivity index is 1.76. The second-order valence-electron chi connectivity index (χ2n) is 7.05. The molecule has 1 heterocycles. The third-order valence-corrected chi connectivity index (χ3v) is 4.55. The number of ether oxygens (including phenoxy) is 1. The van der Waals surface area contributed by atoms with Crippen LogP contribution in [0.1, 0.15) is 6.42 Å². The highest BCUT2D eigenvalue weighted by molar-refractivity contribution is 6.30. The average molecular weight is 448 g/mol. The number of benzene rings is 2. The van der Waals surface area contributed by atoms with Crippen molar-refractivity contribution in [3.63, 3.8) is 0 Å². The van der Waals surface area contributed by atoms with Crippen molar-refractivity contribution in [3.05, 3.63) is 53.4 Å². The summed E-state index contributed by atoms with van der Waals surface area (Å²) in [7, 11) is 3.95. The van der Waals surface area contributed by atoms with Gasteiger partial charge in [0.2, 0.25) is 0 Å². The van der Waals surface area contributed by atoms with Crippen molar-refractivity contribution in [1.82, 2.24) is 15.1 Å². The van der Waals surface area contributed by atoms with E-state index in [1.54, 1.807) is 24.3 Å². The molecule has 0 unspecified atom stereocenters. The van der Waals surface area contributed by atoms with E-state index in [0.717, 1.165) is 19.2 Å². The maximum Gasteiger partial charge on any atom is 0.323 e. The Hall–Kier alpha value is -3.30. The van der Waals surface area contributed by atoms with Crippen LogP contribution < -0.4 is 15.4 Å². The summed E-state index contributed by atoms with van der Waals surface area (Å²) < 4.78 is 20.0. The SMILES string of the molecule is CN(C)CCCOc1ccc(NC(=O)Nc2ccc(Cl)cc2O)cc1-c1[nH]ncc1F. The predicted molar refractivity (Wildman–Crippen MR) is 118 cm³/mol. The molecule has 3 aromatic rings. The fourth-order valence-corrected chi connectivity index (χ4v) is 3.01. The molecule has 0 aliphatic rings. The molecule has 0 saturated carbocycles. The number of hydrogen-bond acceptors (Lipinski definition) is 5. The van der Waals surface area contributed by atoms with Crippen LogP contribution >= 0.6 is 11.6 Å². The van der Waals surface area contributed by atoms with Gasteiger partial charge < -0.3 is 25.4 Å². The Morgan fingerprint density at radius 3 is 2.74 bits per heavy atom. The van der Waals surface area contributed by atoms with Crippen LogP contribution in [-0.4, -0.2) is 53.5 Å². The topological polar surface area (TPSA) is 103 Å². The van der Waals surface area contributed by atoms with Crippen molar-refractivity contribution in [2.45, 2.75) is 6.42 Å². The number of nitrogens with zero attached hydrogens (tertiary/aromatic N) is 2. The Bertz CT molecular complexity index is 1060. The van der Waals surface area contributed by atoms with Gasteiger partial charge >= 0.3 is 6.03 Å². The lowest BCUT2D eigenvalue weighted by Gasteiger charge is -2.15. The fraction of sp³-hybridized carbons (Fsp3) is 0.238. The summed E-state index contributed by atoms with van der Waals surface area (Å²) in [5.74, 6) is -0.238. The number of rotatable bonds is 8. The Kier molecular flexibility index (Phi) is 7.32. The third kappa shape index (κ3) is 6.09. The predicted octanol–water partition coefficient (Wildman–Crippen LogP) is 4.55. The van der Waals surface area contributed by atoms with E-state index in [9.17, 15) is 14.3 Å². The quantitative estimate of drug-likeness (QED) is 0.299. The zero-order chi connectivity index (χ0) is 22.4. The molecule has 0 aliphatic heterocycles. The molecule has 0 fully saturated rings. The van der Waals surface area contributed by atoms with E-state index >= 15 is 0 Å². The number of aromatic hydroxyl groups is 1. The Morgan fingerprint density at radius 1 is 1.26 bits per heavy atom. The van der Waals surface area contributed by atoms with Crippen LogP contribution in [0.2, 0.25) is 5.02 Å². The van der Waals surface area contributed by atoms with E-state index in [1.807, 2.05) is 19.0 Å². The first-order valence-corrected chi connectivity index (χ1v) is 9.88. The van der Waals surface area contributed by atoms with Crippen molar-refractivity contribution in [2.24, 2.45) is 0 Å². The second kappa shape index (κ2) is 10.1. The molecular weight excluding hydrogens is 425 g/mol. The first-order chi connectivity index (χ1) is 14.8. The van der Waals surface area contributed by atoms with Gasteiger partial charge in [0.15, 0.2) is 5.82 Å². The van der Waals surface area contributed by atoms with Crippen molar-refractivity contribution >= 4 is 29.0 Å². The van der Waals surface area contributed by atoms with Gasteiger partial charge in [-0.2, -0.15) is 5.10 Å². The van der Waals surface area contributed by atoms with Crippen molar-refractivity contribution in [3.8, 4) is 22.8 Å². The highest BCUT2D eigenvalue weighted by Gasteiger charge is 2.15. The van der Waals surface area contributed by atoms with E-state index in [0.29, 0.717) is 28.6 Å². The number of aromatic nitrogens is 2. The summed E-state index contributed by atoms with van der Waals surface area (Å²) >= 11 is 5.80. The minimum Gasteiger partial charge on any atom is -0.506 e. The van der Waals surface area contributed by atoms with E-state index in [-0.39, 0.29) is 17.1 Å². The number of carbonyl (C=O) groups is 1. The number of hydrogen-bond donors (Lipinski definition) is 4. The van der Waals surface area contributed by atoms with E-state index in [4.69, 9.17) is 16.3 Å². The molecular formula is C21H23ClFN5O3. The molecule has 31 heavy (non-hydrogen) atoms. The summed E-state index contributed by atoms with van der Waals surface area (Å²) in [6.45, 7) is 1.30. The number of carbonyl (C=O) groups excluding carboxylic acids is 1. The number of halogens is 2. The maximum atomic E-state index is 14.2. The molecule has 8 nitrogen and oxygen atoms in total. The second-order valence-corrected chi connectivity index (χ2v) is 7.49. The molecule has 0 spiro atoms. The molecule has 0 bridgehead atoms. The Labute approximate surface area is 184 Å². The Morgan fingerprint density at radius 2 is 2.06 bits per heavy atom. The number of amides is 2. The lowest BCUT2D eigenvalue weighted by atomic mass is 10.1. The molecule has 0 aliphatic carbocycles. The van der Waals surface area contributed by atoms with Gasteiger partial charge in [-0.3, -0.25) is 5.10 Å². The summed E-state index contributed by atoms with van der Waals surface area (Å²) in [6, 6.07) is 8.62. The van der Waals surface area contributed by atoms with Gasteiger partial charge in [-0.1, -0.05) is 11.6 Å². The van der Waals surface area contributed by atoms with Crippen LogP contribution in [-0.2, 0) is 0 Å². The van der Waals surface area contributed by atoms with E-state index < -0.39 is 11.8 Å². The van der Waals surface area contributed by atoms with Gasteiger partial charge in [0.1, 0.15) is 17.2 Å². The highest BCUT2D eigenvalue weighted by Crippen LogP contribution is 2.33. The summed E-state index contributed by atoms with van der Waals surface area (Å²) in [5, 5.41) is 21.7. The van der Waals surface area contributed by atoms with Gasteiger partial charge in [0, 0.05) is 28.9 Å². The fourth-order valence-electron chi connectivity index (χ4n) is 2.85. The first-order valence-electron chi connectivity index (χ1n) is 9.51. The minimum atomic E-state index is -0.590. The normalized spacial score (nSPS) is 10.9. The number of phenolic OH excluding ortho intramolecular Hbond substituents is 1. The molecule has 1 aromatic heterocycles. The maximum absolute atomic E-state index is 14.2. The van der Waals surface area contributed by atoms with Crippen LogP contribution in [0.25, 0.3) is 11.3 Å². The zero-order valence-corrected chi connectivity index (χ0v) is 17.8. The molecule has 0 saturated heterocycles. The van der Waals surface area contributed by atoms with Crippen LogP contribution in [0.5, 0.6) is 11.5 Å². The number of aromatic amines is 1. The van der Waals surface area contributed by atoms with Crippen molar-refractivity contribution < 1.29 is 19.0 Å². The van der Waals surface area contributed by atoms with Crippen molar-refractivity contribution in [1.29, 1.82) is 0 Å². The molecule has 2 aromatic carbocycles. The zero-order valence-electron chi connectivity index (χ0n) is 17.1. The number of anilines is 2. The van der Waals surface area contributed by atoms with Crippen molar-refractivity contribution in [2.75, 3.05) is 37.9 Å². The highest BCUT2D eigenvalue weighted by atomic mass is 35.5. The molecule has 0 atom stereocenters. The number of urea groups is 1. The summed E-state index contributed by atoms with van der Waals surface area (Å²) in [6.07, 6.45) is 1.87. The molecule has 164 valence electrons. The lowest BCUT2D eigenvalue weighted by molar-refractivity contribution is 0.262. The van der Waals surface area contributed by atoms with Crippen LogP contribution in [0.3, 0.4) is 0 Å². The molecule has 10 heteroatoms. The smallest absolute Gasteiger partial charge is 0.323 e. The monoisotopic (exact) mass is 447 g/mol. The van der Waals surface area contributed by atoms with Gasteiger partial charge in [-0.15, -0.1) is 0 Å². The van der Waals surface area contributed by atoms with Crippen LogP contribution in [0.15, 0.2) is 42.6 Å². The van der Waals surface area contributed by atoms with Gasteiger partial charge in [0.25, 0.3) is 0 Å². The first kappa shape index (κ1) is 22.4. The summed E-state index contributed by atoms with van der Waals surface area (Å²) in [4.78, 5) is 14.4. The molecule has 3 rings (SSSR count). The van der Waals surface area contributed by atoms with E-state index in [2.05, 4.69) is 20.8 Å². The van der Waals surface area contributed by atoms with Gasteiger partial charge in [-0.25, -0.2) is 9.18 Å². The standard InChI is InChI=1S/C21H23ClFN5O3/c1-28(2)8-3-9-31-19-7-5-14(11-15(19)20-16(23)12-24-27-20)25-21(30)26-17-6-4-13(22)10-18(17)29/h4-7,10-12,29H,3,8-9H2,1-2H3,(H,24,27)(H2,25,26,30). The van der Waals surface area contributed by atoms with Crippen LogP contribution in [0.4, 0.5) is 20.6 Å². The third-order valence-electron chi connectivity index (χ3n) is 4.32. The average Bonchev–Trinajstić information content (AvgIpc) is 3.13. The largest absolute Gasteiger partial charge is 0.506 e. The number of nitrogens with one attached hydrogen (secondary N) is 3. The van der Waals surface area contributed by atoms with Gasteiger partial charge in [0.05, 0.1) is 18.5 Å². The van der Waals surface area contributed by atoms with E-state index in [1.165, 1.54) is 12.1 Å². The minimum absolute atomic E-state index is 0.155. The summed E-state index contributed by atoms with van der Waals surface area (Å²) in [5.41, 5.74) is 1.17. The number of H-pyrrole nitrogens is 1. The molecule has 0 radical (unpaired) electrons. The molecule has 2 amide bonds. The van der Waals surface area contributed by atoms with Crippen LogP contribution in [0, 0.1) is 5.82 Å². The lowest BCUT2D eigenvalue weighted by Crippen LogP contribution is -2.19. The molecule has 4 N–H and O–H groups in total.